The second-order valence-corrected chi connectivity index (χ2v) is 3.84. The lowest BCUT2D eigenvalue weighted by molar-refractivity contribution is 0.0930. The van der Waals surface area contributed by atoms with Crippen LogP contribution in [0, 0.1) is 0 Å². The Kier molecular flexibility index (Phi) is 3.34. The van der Waals surface area contributed by atoms with Crippen LogP contribution in [0.2, 0.25) is 0 Å². The molecule has 2 aromatic rings. The van der Waals surface area contributed by atoms with Gasteiger partial charge in [0.2, 0.25) is 5.78 Å². The molecule has 1 unspecified atom stereocenters. The number of carbonyl (C=O) groups is 1. The maximum Gasteiger partial charge on any atom is 0.271 e. The number of hydrogen-bond donors (Lipinski definition) is 2. The van der Waals surface area contributed by atoms with E-state index in [-0.39, 0.29) is 18.6 Å². The van der Waals surface area contributed by atoms with Crippen molar-refractivity contribution < 1.29 is 9.90 Å². The zero-order valence-electron chi connectivity index (χ0n) is 9.50. The number of rotatable bonds is 4. The first-order chi connectivity index (χ1) is 8.20. The van der Waals surface area contributed by atoms with Gasteiger partial charge in [-0.1, -0.05) is 0 Å². The number of aromatic nitrogens is 3. The van der Waals surface area contributed by atoms with Gasteiger partial charge in [0.1, 0.15) is 5.69 Å². The van der Waals surface area contributed by atoms with Gasteiger partial charge in [0, 0.05) is 31.2 Å². The largest absolute Gasteiger partial charge is 0.396 e. The molecule has 2 aromatic heterocycles. The van der Waals surface area contributed by atoms with Crippen molar-refractivity contribution in [2.24, 2.45) is 0 Å². The van der Waals surface area contributed by atoms with Gasteiger partial charge >= 0.3 is 0 Å². The average Bonchev–Trinajstić information content (AvgIpc) is 2.72. The van der Waals surface area contributed by atoms with Crippen LogP contribution in [0.4, 0.5) is 0 Å². The fourth-order valence-corrected chi connectivity index (χ4v) is 1.50. The Bertz CT molecular complexity index is 490. The molecule has 6 nitrogen and oxygen atoms in total. The van der Waals surface area contributed by atoms with E-state index in [4.69, 9.17) is 5.11 Å². The SMILES string of the molecule is CC(CCO)NC(=O)c1cn2cccnc2n1. The first kappa shape index (κ1) is 11.5. The van der Waals surface area contributed by atoms with Crippen molar-refractivity contribution in [2.75, 3.05) is 6.61 Å². The van der Waals surface area contributed by atoms with Gasteiger partial charge in [0.05, 0.1) is 0 Å². The van der Waals surface area contributed by atoms with E-state index >= 15 is 0 Å². The smallest absolute Gasteiger partial charge is 0.271 e. The average molecular weight is 234 g/mol. The lowest BCUT2D eigenvalue weighted by atomic mass is 10.2. The number of nitrogens with zero attached hydrogens (tertiary/aromatic N) is 3. The van der Waals surface area contributed by atoms with E-state index in [0.717, 1.165) is 0 Å². The number of fused-ring (bicyclic) bond motifs is 1. The first-order valence-electron chi connectivity index (χ1n) is 5.42. The molecule has 0 fully saturated rings. The second-order valence-electron chi connectivity index (χ2n) is 3.84. The van der Waals surface area contributed by atoms with E-state index in [1.54, 1.807) is 29.1 Å². The molecule has 0 saturated heterocycles. The predicted molar refractivity (Wildman–Crippen MR) is 61.6 cm³/mol. The van der Waals surface area contributed by atoms with Crippen molar-refractivity contribution in [2.45, 2.75) is 19.4 Å². The van der Waals surface area contributed by atoms with Gasteiger partial charge < -0.3 is 10.4 Å². The third-order valence-corrected chi connectivity index (χ3v) is 2.41. The molecule has 17 heavy (non-hydrogen) atoms. The van der Waals surface area contributed by atoms with E-state index in [0.29, 0.717) is 17.9 Å². The van der Waals surface area contributed by atoms with Gasteiger partial charge in [-0.2, -0.15) is 0 Å². The van der Waals surface area contributed by atoms with Crippen molar-refractivity contribution in [3.63, 3.8) is 0 Å². The van der Waals surface area contributed by atoms with Crippen LogP contribution in [0.25, 0.3) is 5.78 Å². The highest BCUT2D eigenvalue weighted by Crippen LogP contribution is 2.02. The number of hydrogen-bond acceptors (Lipinski definition) is 4. The molecule has 0 radical (unpaired) electrons. The lowest BCUT2D eigenvalue weighted by Crippen LogP contribution is -2.33. The quantitative estimate of drug-likeness (QED) is 0.793. The van der Waals surface area contributed by atoms with Gasteiger partial charge in [-0.15, -0.1) is 0 Å². The maximum atomic E-state index is 11.8. The van der Waals surface area contributed by atoms with Crippen LogP contribution in [0.1, 0.15) is 23.8 Å². The number of carbonyl (C=O) groups excluding carboxylic acids is 1. The molecule has 1 atom stereocenters. The fraction of sp³-hybridized carbons (Fsp3) is 0.364. The molecule has 90 valence electrons. The molecule has 2 rings (SSSR count). The first-order valence-corrected chi connectivity index (χ1v) is 5.42. The fourth-order valence-electron chi connectivity index (χ4n) is 1.50. The van der Waals surface area contributed by atoms with Crippen LogP contribution in [-0.4, -0.2) is 38.0 Å². The summed E-state index contributed by atoms with van der Waals surface area (Å²) in [4.78, 5) is 19.9. The summed E-state index contributed by atoms with van der Waals surface area (Å²) in [6.45, 7) is 1.89. The monoisotopic (exact) mass is 234 g/mol. The molecule has 6 heteroatoms. The summed E-state index contributed by atoms with van der Waals surface area (Å²) < 4.78 is 1.69. The molecular formula is C11H14N4O2. The zero-order valence-corrected chi connectivity index (χ0v) is 9.50. The van der Waals surface area contributed by atoms with Gasteiger partial charge in [0.15, 0.2) is 0 Å². The van der Waals surface area contributed by atoms with Gasteiger partial charge in [-0.3, -0.25) is 9.20 Å². The summed E-state index contributed by atoms with van der Waals surface area (Å²) >= 11 is 0. The molecule has 2 N–H and O–H groups in total. The highest BCUT2D eigenvalue weighted by atomic mass is 16.3. The number of aliphatic hydroxyl groups excluding tert-OH is 1. The highest BCUT2D eigenvalue weighted by molar-refractivity contribution is 5.92. The Labute approximate surface area is 98.3 Å². The van der Waals surface area contributed by atoms with Crippen LogP contribution >= 0.6 is 0 Å². The molecule has 0 aliphatic carbocycles. The molecule has 0 aliphatic heterocycles. The summed E-state index contributed by atoms with van der Waals surface area (Å²) in [7, 11) is 0. The molecule has 1 amide bonds. The van der Waals surface area contributed by atoms with Crippen molar-refractivity contribution in [3.8, 4) is 0 Å². The minimum Gasteiger partial charge on any atom is -0.396 e. The maximum absolute atomic E-state index is 11.8. The Morgan fingerprint density at radius 2 is 2.47 bits per heavy atom. The van der Waals surface area contributed by atoms with E-state index < -0.39 is 0 Å². The van der Waals surface area contributed by atoms with Crippen molar-refractivity contribution >= 4 is 11.7 Å². The Morgan fingerprint density at radius 3 is 3.18 bits per heavy atom. The van der Waals surface area contributed by atoms with Gasteiger partial charge in [-0.25, -0.2) is 9.97 Å². The summed E-state index contributed by atoms with van der Waals surface area (Å²) in [5, 5.41) is 11.5. The van der Waals surface area contributed by atoms with Crippen LogP contribution in [0.3, 0.4) is 0 Å². The van der Waals surface area contributed by atoms with E-state index in [9.17, 15) is 4.79 Å². The van der Waals surface area contributed by atoms with Crippen molar-refractivity contribution in [1.29, 1.82) is 0 Å². The Hall–Kier alpha value is -1.95. The Morgan fingerprint density at radius 1 is 1.65 bits per heavy atom. The molecule has 0 saturated carbocycles. The van der Waals surface area contributed by atoms with E-state index in [1.165, 1.54) is 0 Å². The minimum absolute atomic E-state index is 0.0498. The third-order valence-electron chi connectivity index (χ3n) is 2.41. The van der Waals surface area contributed by atoms with Crippen LogP contribution in [-0.2, 0) is 0 Å². The standard InChI is InChI=1S/C11H14N4O2/c1-8(3-6-16)13-10(17)9-7-15-5-2-4-12-11(15)14-9/h2,4-5,7-8,16H,3,6H2,1H3,(H,13,17). The summed E-state index contributed by atoms with van der Waals surface area (Å²) in [6, 6.07) is 1.69. The normalized spacial score (nSPS) is 12.6. The van der Waals surface area contributed by atoms with Crippen LogP contribution in [0.15, 0.2) is 24.7 Å². The summed E-state index contributed by atoms with van der Waals surface area (Å²) in [5.41, 5.74) is 0.327. The van der Waals surface area contributed by atoms with Crippen LogP contribution < -0.4 is 5.32 Å². The Balaban J connectivity index is 2.13. The van der Waals surface area contributed by atoms with Gasteiger partial charge in [-0.05, 0) is 19.4 Å². The lowest BCUT2D eigenvalue weighted by Gasteiger charge is -2.10. The van der Waals surface area contributed by atoms with E-state index in [1.807, 2.05) is 6.92 Å². The van der Waals surface area contributed by atoms with Gasteiger partial charge in [0.25, 0.3) is 5.91 Å². The summed E-state index contributed by atoms with van der Waals surface area (Å²) in [6.07, 6.45) is 5.56. The molecule has 0 spiro atoms. The molecule has 2 heterocycles. The van der Waals surface area contributed by atoms with Crippen molar-refractivity contribution in [3.05, 3.63) is 30.4 Å². The third kappa shape index (κ3) is 2.59. The number of aliphatic hydroxyl groups is 1. The molecule has 0 aliphatic rings. The topological polar surface area (TPSA) is 79.5 Å². The minimum atomic E-state index is -0.253. The van der Waals surface area contributed by atoms with Crippen LogP contribution in [0.5, 0.6) is 0 Å². The second kappa shape index (κ2) is 4.92. The zero-order chi connectivity index (χ0) is 12.3. The van der Waals surface area contributed by atoms with E-state index in [2.05, 4.69) is 15.3 Å². The number of nitrogens with one attached hydrogen (secondary N) is 1. The highest BCUT2D eigenvalue weighted by Gasteiger charge is 2.13. The molecular weight excluding hydrogens is 220 g/mol. The van der Waals surface area contributed by atoms with Crippen molar-refractivity contribution in [1.82, 2.24) is 19.7 Å². The molecule has 0 bridgehead atoms. The summed E-state index contributed by atoms with van der Waals surface area (Å²) in [5.74, 6) is 0.240. The molecule has 0 aromatic carbocycles. The predicted octanol–water partition coefficient (Wildman–Crippen LogP) is 0.230. The number of imidazole rings is 1. The number of amides is 1.